The van der Waals surface area contributed by atoms with Crippen LogP contribution in [0, 0.1) is 5.82 Å². The highest BCUT2D eigenvalue weighted by Crippen LogP contribution is 2.21. The second-order valence-electron chi connectivity index (χ2n) is 5.09. The SMILES string of the molecule is CCCOc1ccc(C(Cc2ccc(F)cc2)NC)cc1. The molecule has 2 nitrogen and oxygen atoms in total. The van der Waals surface area contributed by atoms with E-state index in [4.69, 9.17) is 4.74 Å². The van der Waals surface area contributed by atoms with E-state index >= 15 is 0 Å². The van der Waals surface area contributed by atoms with E-state index in [-0.39, 0.29) is 11.9 Å². The molecule has 0 radical (unpaired) electrons. The van der Waals surface area contributed by atoms with Crippen LogP contribution in [-0.4, -0.2) is 13.7 Å². The zero-order valence-corrected chi connectivity index (χ0v) is 12.6. The first-order valence-electron chi connectivity index (χ1n) is 7.37. The van der Waals surface area contributed by atoms with Crippen molar-refractivity contribution in [3.8, 4) is 5.75 Å². The molecule has 3 heteroatoms. The Labute approximate surface area is 126 Å². The number of hydrogen-bond donors (Lipinski definition) is 1. The van der Waals surface area contributed by atoms with Crippen LogP contribution in [0.15, 0.2) is 48.5 Å². The van der Waals surface area contributed by atoms with Crippen molar-refractivity contribution in [2.75, 3.05) is 13.7 Å². The zero-order chi connectivity index (χ0) is 15.1. The summed E-state index contributed by atoms with van der Waals surface area (Å²) in [7, 11) is 1.94. The fourth-order valence-corrected chi connectivity index (χ4v) is 2.26. The van der Waals surface area contributed by atoms with Gasteiger partial charge in [0.05, 0.1) is 6.61 Å². The van der Waals surface area contributed by atoms with Gasteiger partial charge in [-0.3, -0.25) is 0 Å². The maximum Gasteiger partial charge on any atom is 0.123 e. The molecule has 0 saturated heterocycles. The summed E-state index contributed by atoms with van der Waals surface area (Å²) in [6.07, 6.45) is 1.83. The van der Waals surface area contributed by atoms with Gasteiger partial charge in [-0.15, -0.1) is 0 Å². The zero-order valence-electron chi connectivity index (χ0n) is 12.6. The molecule has 2 aromatic rings. The third kappa shape index (κ3) is 4.57. The fourth-order valence-electron chi connectivity index (χ4n) is 2.26. The molecule has 0 saturated carbocycles. The molecular weight excluding hydrogens is 265 g/mol. The lowest BCUT2D eigenvalue weighted by molar-refractivity contribution is 0.317. The highest BCUT2D eigenvalue weighted by molar-refractivity contribution is 5.30. The molecule has 0 aliphatic carbocycles. The van der Waals surface area contributed by atoms with Crippen molar-refractivity contribution in [1.82, 2.24) is 5.32 Å². The Morgan fingerprint density at radius 3 is 2.29 bits per heavy atom. The van der Waals surface area contributed by atoms with E-state index in [1.54, 1.807) is 0 Å². The predicted molar refractivity (Wildman–Crippen MR) is 84.1 cm³/mol. The average molecular weight is 287 g/mol. The number of likely N-dealkylation sites (N-methyl/N-ethyl adjacent to an activating group) is 1. The summed E-state index contributed by atoms with van der Waals surface area (Å²) in [5, 5.41) is 3.31. The molecule has 1 unspecified atom stereocenters. The van der Waals surface area contributed by atoms with Crippen molar-refractivity contribution in [2.45, 2.75) is 25.8 Å². The van der Waals surface area contributed by atoms with Gasteiger partial charge < -0.3 is 10.1 Å². The van der Waals surface area contributed by atoms with Gasteiger partial charge in [0.1, 0.15) is 11.6 Å². The van der Waals surface area contributed by atoms with Crippen molar-refractivity contribution in [2.24, 2.45) is 0 Å². The lowest BCUT2D eigenvalue weighted by Crippen LogP contribution is -2.18. The fraction of sp³-hybridized carbons (Fsp3) is 0.333. The van der Waals surface area contributed by atoms with E-state index in [2.05, 4.69) is 24.4 Å². The van der Waals surface area contributed by atoms with Crippen LogP contribution in [0.2, 0.25) is 0 Å². The van der Waals surface area contributed by atoms with Crippen molar-refractivity contribution < 1.29 is 9.13 Å². The van der Waals surface area contributed by atoms with Gasteiger partial charge in [-0.1, -0.05) is 31.2 Å². The van der Waals surface area contributed by atoms with E-state index in [0.717, 1.165) is 30.8 Å². The van der Waals surface area contributed by atoms with E-state index in [0.29, 0.717) is 0 Å². The average Bonchev–Trinajstić information content (AvgIpc) is 2.53. The number of ether oxygens (including phenoxy) is 1. The standard InChI is InChI=1S/C18H22FNO/c1-3-12-21-17-10-6-15(7-11-17)18(20-2)13-14-4-8-16(19)9-5-14/h4-11,18,20H,3,12-13H2,1-2H3. The minimum absolute atomic E-state index is 0.197. The molecule has 2 aromatic carbocycles. The van der Waals surface area contributed by atoms with Crippen molar-refractivity contribution in [3.63, 3.8) is 0 Å². The third-order valence-electron chi connectivity index (χ3n) is 3.46. The first-order valence-corrected chi connectivity index (χ1v) is 7.37. The molecule has 0 aliphatic rings. The van der Waals surface area contributed by atoms with Crippen molar-refractivity contribution in [3.05, 3.63) is 65.5 Å². The Morgan fingerprint density at radius 1 is 1.05 bits per heavy atom. The molecule has 0 spiro atoms. The minimum Gasteiger partial charge on any atom is -0.494 e. The highest BCUT2D eigenvalue weighted by atomic mass is 19.1. The number of hydrogen-bond acceptors (Lipinski definition) is 2. The first-order chi connectivity index (χ1) is 10.2. The molecule has 0 fully saturated rings. The molecule has 0 aromatic heterocycles. The lowest BCUT2D eigenvalue weighted by Gasteiger charge is -2.17. The highest BCUT2D eigenvalue weighted by Gasteiger charge is 2.10. The summed E-state index contributed by atoms with van der Waals surface area (Å²) in [5.41, 5.74) is 2.31. The normalized spacial score (nSPS) is 12.1. The van der Waals surface area contributed by atoms with Gasteiger partial charge in [0.2, 0.25) is 0 Å². The second kappa shape index (κ2) is 7.79. The Hall–Kier alpha value is -1.87. The molecular formula is C18H22FNO. The van der Waals surface area contributed by atoms with Gasteiger partial charge in [0, 0.05) is 6.04 Å². The van der Waals surface area contributed by atoms with Crippen LogP contribution < -0.4 is 10.1 Å². The van der Waals surface area contributed by atoms with Crippen LogP contribution >= 0.6 is 0 Å². The van der Waals surface area contributed by atoms with Crippen LogP contribution in [0.25, 0.3) is 0 Å². The van der Waals surface area contributed by atoms with Gasteiger partial charge in [0.25, 0.3) is 0 Å². The predicted octanol–water partition coefficient (Wildman–Crippen LogP) is 4.12. The Morgan fingerprint density at radius 2 is 1.71 bits per heavy atom. The van der Waals surface area contributed by atoms with Crippen LogP contribution in [0.5, 0.6) is 5.75 Å². The summed E-state index contributed by atoms with van der Waals surface area (Å²) in [6.45, 7) is 2.83. The van der Waals surface area contributed by atoms with E-state index in [1.165, 1.54) is 17.7 Å². The molecule has 112 valence electrons. The summed E-state index contributed by atoms with van der Waals surface area (Å²) < 4.78 is 18.5. The second-order valence-corrected chi connectivity index (χ2v) is 5.09. The van der Waals surface area contributed by atoms with Gasteiger partial charge >= 0.3 is 0 Å². The molecule has 0 bridgehead atoms. The van der Waals surface area contributed by atoms with Gasteiger partial charge in [0.15, 0.2) is 0 Å². The van der Waals surface area contributed by atoms with Crippen LogP contribution in [0.3, 0.4) is 0 Å². The van der Waals surface area contributed by atoms with Gasteiger partial charge in [-0.05, 0) is 55.3 Å². The Kier molecular flexibility index (Phi) is 5.76. The lowest BCUT2D eigenvalue weighted by atomic mass is 9.99. The molecule has 0 amide bonds. The number of rotatable bonds is 7. The maximum atomic E-state index is 12.9. The van der Waals surface area contributed by atoms with Crippen molar-refractivity contribution >= 4 is 0 Å². The largest absolute Gasteiger partial charge is 0.494 e. The molecule has 2 rings (SSSR count). The van der Waals surface area contributed by atoms with Crippen molar-refractivity contribution in [1.29, 1.82) is 0 Å². The van der Waals surface area contributed by atoms with E-state index in [9.17, 15) is 4.39 Å². The van der Waals surface area contributed by atoms with Crippen LogP contribution in [0.4, 0.5) is 4.39 Å². The summed E-state index contributed by atoms with van der Waals surface area (Å²) in [5.74, 6) is 0.703. The quantitative estimate of drug-likeness (QED) is 0.827. The summed E-state index contributed by atoms with van der Waals surface area (Å²) in [4.78, 5) is 0. The van der Waals surface area contributed by atoms with E-state index in [1.807, 2.05) is 31.3 Å². The number of nitrogens with one attached hydrogen (secondary N) is 1. The maximum absolute atomic E-state index is 12.9. The van der Waals surface area contributed by atoms with Gasteiger partial charge in [-0.2, -0.15) is 0 Å². The number of halogens is 1. The minimum atomic E-state index is -0.197. The first kappa shape index (κ1) is 15.5. The molecule has 0 heterocycles. The Balaban J connectivity index is 2.04. The molecule has 1 N–H and O–H groups in total. The third-order valence-corrected chi connectivity index (χ3v) is 3.46. The Bertz CT molecular complexity index is 536. The van der Waals surface area contributed by atoms with Crippen LogP contribution in [0.1, 0.15) is 30.5 Å². The topological polar surface area (TPSA) is 21.3 Å². The monoisotopic (exact) mass is 287 g/mol. The smallest absolute Gasteiger partial charge is 0.123 e. The summed E-state index contributed by atoms with van der Waals surface area (Å²) >= 11 is 0. The molecule has 1 atom stereocenters. The summed E-state index contributed by atoms with van der Waals surface area (Å²) in [6, 6.07) is 15.0. The van der Waals surface area contributed by atoms with E-state index < -0.39 is 0 Å². The van der Waals surface area contributed by atoms with Gasteiger partial charge in [-0.25, -0.2) is 4.39 Å². The number of benzene rings is 2. The van der Waals surface area contributed by atoms with Crippen LogP contribution in [-0.2, 0) is 6.42 Å². The molecule has 0 aliphatic heterocycles. The molecule has 21 heavy (non-hydrogen) atoms.